The molecular weight excluding hydrogens is 433 g/mol. The lowest BCUT2D eigenvalue weighted by molar-refractivity contribution is -0.148. The molecule has 7 nitrogen and oxygen atoms in total. The maximum atomic E-state index is 14.0. The second kappa shape index (κ2) is 9.78. The van der Waals surface area contributed by atoms with Gasteiger partial charge in [0.1, 0.15) is 17.6 Å². The largest absolute Gasteiger partial charge is 0.467 e. The number of nitrogens with zero attached hydrogens (tertiary/aromatic N) is 1. The molecule has 0 saturated carbocycles. The highest BCUT2D eigenvalue weighted by Gasteiger charge is 2.37. The van der Waals surface area contributed by atoms with E-state index in [1.807, 2.05) is 20.8 Å². The summed E-state index contributed by atoms with van der Waals surface area (Å²) < 4.78 is 19.4. The van der Waals surface area contributed by atoms with Crippen LogP contribution in [0, 0.1) is 5.82 Å². The number of thiophene rings is 1. The summed E-state index contributed by atoms with van der Waals surface area (Å²) >= 11 is 1.28. The summed E-state index contributed by atoms with van der Waals surface area (Å²) in [5.74, 6) is -2.79. The molecule has 0 bridgehead atoms. The molecule has 0 radical (unpaired) electrons. The van der Waals surface area contributed by atoms with Gasteiger partial charge in [-0.15, -0.1) is 11.3 Å². The third kappa shape index (κ3) is 5.82. The van der Waals surface area contributed by atoms with Gasteiger partial charge in [0, 0.05) is 10.4 Å². The van der Waals surface area contributed by atoms with Crippen molar-refractivity contribution in [3.05, 3.63) is 76.6 Å². The SMILES string of the molecule is CC(C)(C)NC(=O)C(c1cccs1)N(Cc1ccco1)C(=O)C(=O)Nc1ccccc1F. The van der Waals surface area contributed by atoms with Gasteiger partial charge in [0.25, 0.3) is 0 Å². The number of anilines is 1. The molecule has 1 aromatic carbocycles. The van der Waals surface area contributed by atoms with Crippen molar-refractivity contribution >= 4 is 34.7 Å². The van der Waals surface area contributed by atoms with Gasteiger partial charge in [-0.3, -0.25) is 14.4 Å². The molecule has 2 N–H and O–H groups in total. The van der Waals surface area contributed by atoms with Gasteiger partial charge in [-0.25, -0.2) is 4.39 Å². The highest BCUT2D eigenvalue weighted by atomic mass is 32.1. The summed E-state index contributed by atoms with van der Waals surface area (Å²) in [6.45, 7) is 5.33. The number of hydrogen-bond donors (Lipinski definition) is 2. The molecule has 1 atom stereocenters. The summed E-state index contributed by atoms with van der Waals surface area (Å²) in [7, 11) is 0. The topological polar surface area (TPSA) is 91.7 Å². The van der Waals surface area contributed by atoms with Crippen LogP contribution in [0.4, 0.5) is 10.1 Å². The molecule has 0 spiro atoms. The van der Waals surface area contributed by atoms with E-state index < -0.39 is 35.1 Å². The number of amides is 3. The van der Waals surface area contributed by atoms with Crippen LogP contribution >= 0.6 is 11.3 Å². The quantitative estimate of drug-likeness (QED) is 0.545. The number of benzene rings is 1. The Morgan fingerprint density at radius 2 is 1.84 bits per heavy atom. The number of furan rings is 1. The van der Waals surface area contributed by atoms with Crippen molar-refractivity contribution in [3.63, 3.8) is 0 Å². The number of nitrogens with one attached hydrogen (secondary N) is 2. The van der Waals surface area contributed by atoms with Gasteiger partial charge in [0.15, 0.2) is 0 Å². The highest BCUT2D eigenvalue weighted by Crippen LogP contribution is 2.28. The molecule has 3 rings (SSSR count). The molecular formula is C23H24FN3O4S. The molecule has 0 saturated heterocycles. The zero-order chi connectivity index (χ0) is 23.3. The van der Waals surface area contributed by atoms with Crippen LogP contribution in [0.3, 0.4) is 0 Å². The highest BCUT2D eigenvalue weighted by molar-refractivity contribution is 7.10. The number of carbonyl (C=O) groups excluding carboxylic acids is 3. The lowest BCUT2D eigenvalue weighted by atomic mass is 10.1. The fraction of sp³-hybridized carbons (Fsp3) is 0.261. The van der Waals surface area contributed by atoms with Crippen LogP contribution in [-0.2, 0) is 20.9 Å². The third-order valence-electron chi connectivity index (χ3n) is 4.35. The Bertz CT molecular complexity index is 1080. The maximum Gasteiger partial charge on any atom is 0.314 e. The molecule has 32 heavy (non-hydrogen) atoms. The first kappa shape index (κ1) is 23.2. The van der Waals surface area contributed by atoms with Crippen LogP contribution in [0.15, 0.2) is 64.6 Å². The Hall–Kier alpha value is -3.46. The molecule has 1 unspecified atom stereocenters. The predicted octanol–water partition coefficient (Wildman–Crippen LogP) is 4.10. The minimum Gasteiger partial charge on any atom is -0.467 e. The Labute approximate surface area is 189 Å². The van der Waals surface area contributed by atoms with Gasteiger partial charge in [-0.1, -0.05) is 18.2 Å². The second-order valence-electron chi connectivity index (χ2n) is 8.10. The first-order valence-corrected chi connectivity index (χ1v) is 10.8. The minimum absolute atomic E-state index is 0.128. The van der Waals surface area contributed by atoms with E-state index in [0.717, 1.165) is 4.90 Å². The lowest BCUT2D eigenvalue weighted by Gasteiger charge is -2.32. The van der Waals surface area contributed by atoms with E-state index in [9.17, 15) is 18.8 Å². The van der Waals surface area contributed by atoms with Gasteiger partial charge in [0.2, 0.25) is 5.91 Å². The third-order valence-corrected chi connectivity index (χ3v) is 5.28. The van der Waals surface area contributed by atoms with Crippen LogP contribution in [0.1, 0.15) is 37.5 Å². The lowest BCUT2D eigenvalue weighted by Crippen LogP contribution is -2.50. The minimum atomic E-state index is -1.09. The van der Waals surface area contributed by atoms with E-state index >= 15 is 0 Å². The van der Waals surface area contributed by atoms with Crippen LogP contribution < -0.4 is 10.6 Å². The standard InChI is InChI=1S/C23H24FN3O4S/c1-23(2,3)26-20(28)19(18-11-7-13-32-18)27(14-15-8-6-12-31-15)22(30)21(29)25-17-10-5-4-9-16(17)24/h4-13,19H,14H2,1-3H3,(H,25,29)(H,26,28). The van der Waals surface area contributed by atoms with Crippen molar-refractivity contribution in [1.82, 2.24) is 10.2 Å². The molecule has 3 aromatic rings. The molecule has 0 aliphatic rings. The first-order chi connectivity index (χ1) is 15.2. The monoisotopic (exact) mass is 457 g/mol. The molecule has 0 fully saturated rings. The van der Waals surface area contributed by atoms with Gasteiger partial charge in [-0.2, -0.15) is 0 Å². The average Bonchev–Trinajstić information content (AvgIpc) is 3.41. The van der Waals surface area contributed by atoms with Crippen LogP contribution in [0.5, 0.6) is 0 Å². The Kier molecular flexibility index (Phi) is 7.09. The van der Waals surface area contributed by atoms with E-state index in [0.29, 0.717) is 10.6 Å². The normalized spacial score (nSPS) is 12.1. The average molecular weight is 458 g/mol. The molecule has 9 heteroatoms. The zero-order valence-electron chi connectivity index (χ0n) is 17.9. The molecule has 2 aromatic heterocycles. The summed E-state index contributed by atoms with van der Waals surface area (Å²) in [5, 5.41) is 6.94. The number of rotatable bonds is 6. The summed E-state index contributed by atoms with van der Waals surface area (Å²) in [4.78, 5) is 41.0. The van der Waals surface area contributed by atoms with Gasteiger partial charge in [-0.05, 0) is 56.5 Å². The number of para-hydroxylation sites is 1. The van der Waals surface area contributed by atoms with Crippen molar-refractivity contribution in [2.24, 2.45) is 0 Å². The Morgan fingerprint density at radius 3 is 2.44 bits per heavy atom. The van der Waals surface area contributed by atoms with E-state index in [1.165, 1.54) is 41.9 Å². The summed E-state index contributed by atoms with van der Waals surface area (Å²) in [6.07, 6.45) is 1.44. The fourth-order valence-corrected chi connectivity index (χ4v) is 3.86. The maximum absolute atomic E-state index is 14.0. The Morgan fingerprint density at radius 1 is 1.09 bits per heavy atom. The van der Waals surface area contributed by atoms with Crippen LogP contribution in [0.2, 0.25) is 0 Å². The molecule has 2 heterocycles. The van der Waals surface area contributed by atoms with Crippen molar-refractivity contribution in [2.75, 3.05) is 5.32 Å². The zero-order valence-corrected chi connectivity index (χ0v) is 18.7. The van der Waals surface area contributed by atoms with Crippen molar-refractivity contribution in [3.8, 4) is 0 Å². The molecule has 0 aliphatic carbocycles. The van der Waals surface area contributed by atoms with Crippen molar-refractivity contribution in [1.29, 1.82) is 0 Å². The van der Waals surface area contributed by atoms with E-state index in [1.54, 1.807) is 29.6 Å². The Balaban J connectivity index is 1.96. The molecule has 168 valence electrons. The number of hydrogen-bond acceptors (Lipinski definition) is 5. The second-order valence-corrected chi connectivity index (χ2v) is 9.08. The van der Waals surface area contributed by atoms with E-state index in [2.05, 4.69) is 10.6 Å². The smallest absolute Gasteiger partial charge is 0.314 e. The summed E-state index contributed by atoms with van der Waals surface area (Å²) in [5.41, 5.74) is -0.697. The van der Waals surface area contributed by atoms with Crippen LogP contribution in [0.25, 0.3) is 0 Å². The molecule has 0 aliphatic heterocycles. The predicted molar refractivity (Wildman–Crippen MR) is 119 cm³/mol. The fourth-order valence-electron chi connectivity index (χ4n) is 3.03. The van der Waals surface area contributed by atoms with Crippen molar-refractivity contribution in [2.45, 2.75) is 38.9 Å². The molecule has 3 amide bonds. The van der Waals surface area contributed by atoms with Gasteiger partial charge in [0.05, 0.1) is 18.5 Å². The number of halogens is 1. The van der Waals surface area contributed by atoms with Gasteiger partial charge < -0.3 is 20.0 Å². The number of carbonyl (C=O) groups is 3. The first-order valence-electron chi connectivity index (χ1n) is 9.90. The summed E-state index contributed by atoms with van der Waals surface area (Å²) in [6, 6.07) is 11.2. The van der Waals surface area contributed by atoms with Crippen LogP contribution in [-0.4, -0.2) is 28.2 Å². The van der Waals surface area contributed by atoms with Gasteiger partial charge >= 0.3 is 11.8 Å². The van der Waals surface area contributed by atoms with E-state index in [-0.39, 0.29) is 12.2 Å². The van der Waals surface area contributed by atoms with Crippen molar-refractivity contribution < 1.29 is 23.2 Å². The van der Waals surface area contributed by atoms with E-state index in [4.69, 9.17) is 4.42 Å².